The van der Waals surface area contributed by atoms with Crippen LogP contribution >= 0.6 is 0 Å². The van der Waals surface area contributed by atoms with Gasteiger partial charge in [-0.25, -0.2) is 4.98 Å². The molecule has 10 heteroatoms. The fourth-order valence-corrected chi connectivity index (χ4v) is 4.00. The standard InChI is InChI=1S/C23H28BF3N2O4/c1-21(2)22(3,4)33-24(32-21)17-6-7-19(15(11-17)14-30)29-10-9-18(13-29)31-20-8-5-16(12-28-20)23(25,26)27/h5-8,11-12,18,30H,9-10,13-14H2,1-4H3. The molecule has 2 saturated heterocycles. The fourth-order valence-electron chi connectivity index (χ4n) is 4.00. The van der Waals surface area contributed by atoms with Gasteiger partial charge in [0, 0.05) is 36.5 Å². The van der Waals surface area contributed by atoms with Gasteiger partial charge in [-0.2, -0.15) is 13.2 Å². The molecule has 6 nitrogen and oxygen atoms in total. The molecule has 3 heterocycles. The fraction of sp³-hybridized carbons (Fsp3) is 0.522. The van der Waals surface area contributed by atoms with E-state index in [0.29, 0.717) is 19.5 Å². The van der Waals surface area contributed by atoms with E-state index < -0.39 is 30.1 Å². The molecule has 0 aliphatic carbocycles. The van der Waals surface area contributed by atoms with Gasteiger partial charge in [-0.15, -0.1) is 0 Å². The van der Waals surface area contributed by atoms with Gasteiger partial charge >= 0.3 is 13.3 Å². The molecule has 0 spiro atoms. The van der Waals surface area contributed by atoms with Crippen LogP contribution in [0.3, 0.4) is 0 Å². The molecule has 2 aliphatic heterocycles. The maximum Gasteiger partial charge on any atom is 0.494 e. The molecule has 2 fully saturated rings. The number of anilines is 1. The minimum atomic E-state index is -4.43. The van der Waals surface area contributed by atoms with Gasteiger partial charge in [0.05, 0.1) is 29.9 Å². The SMILES string of the molecule is CC1(C)OB(c2ccc(N3CCC(Oc4ccc(C(F)(F)F)cn4)C3)c(CO)c2)OC1(C)C. The third kappa shape index (κ3) is 4.83. The number of hydrogen-bond donors (Lipinski definition) is 1. The summed E-state index contributed by atoms with van der Waals surface area (Å²) < 4.78 is 56.2. The lowest BCUT2D eigenvalue weighted by atomic mass is 9.78. The van der Waals surface area contributed by atoms with E-state index in [9.17, 15) is 18.3 Å². The zero-order valence-electron chi connectivity index (χ0n) is 19.1. The molecule has 1 aromatic heterocycles. The Hall–Kier alpha value is -2.30. The van der Waals surface area contributed by atoms with Crippen LogP contribution in [0, 0.1) is 0 Å². The van der Waals surface area contributed by atoms with Crippen molar-refractivity contribution in [3.63, 3.8) is 0 Å². The molecule has 0 saturated carbocycles. The number of rotatable bonds is 5. The maximum absolute atomic E-state index is 12.7. The van der Waals surface area contributed by atoms with Crippen LogP contribution in [0.25, 0.3) is 0 Å². The molecule has 4 rings (SSSR count). The van der Waals surface area contributed by atoms with Crippen LogP contribution in [-0.4, -0.2) is 47.6 Å². The van der Waals surface area contributed by atoms with E-state index in [-0.39, 0.29) is 18.6 Å². The summed E-state index contributed by atoms with van der Waals surface area (Å²) in [6.07, 6.45) is -3.18. The van der Waals surface area contributed by atoms with Crippen LogP contribution in [0.1, 0.15) is 45.2 Å². The lowest BCUT2D eigenvalue weighted by Crippen LogP contribution is -2.41. The van der Waals surface area contributed by atoms with Crippen molar-refractivity contribution in [1.29, 1.82) is 0 Å². The number of alkyl halides is 3. The normalized spacial score (nSPS) is 22.1. The third-order valence-corrected chi connectivity index (χ3v) is 6.64. The van der Waals surface area contributed by atoms with Crippen molar-refractivity contribution in [3.8, 4) is 5.88 Å². The minimum absolute atomic E-state index is 0.148. The van der Waals surface area contributed by atoms with Gasteiger partial charge in [-0.05, 0) is 45.3 Å². The Morgan fingerprint density at radius 2 is 1.85 bits per heavy atom. The first kappa shape index (κ1) is 23.8. The Bertz CT molecular complexity index is 982. The molecular weight excluding hydrogens is 436 g/mol. The van der Waals surface area contributed by atoms with Crippen LogP contribution in [0.15, 0.2) is 36.5 Å². The molecule has 2 aromatic rings. The highest BCUT2D eigenvalue weighted by molar-refractivity contribution is 6.62. The number of aliphatic hydroxyl groups is 1. The van der Waals surface area contributed by atoms with Crippen molar-refractivity contribution in [2.45, 2.75) is 64.2 Å². The van der Waals surface area contributed by atoms with Gasteiger partial charge in [0.25, 0.3) is 0 Å². The largest absolute Gasteiger partial charge is 0.494 e. The van der Waals surface area contributed by atoms with Crippen LogP contribution in [-0.2, 0) is 22.1 Å². The van der Waals surface area contributed by atoms with Gasteiger partial charge in [0.15, 0.2) is 0 Å². The summed E-state index contributed by atoms with van der Waals surface area (Å²) in [5.74, 6) is 0.160. The molecule has 1 atom stereocenters. The average Bonchev–Trinajstić information content (AvgIpc) is 3.28. The molecule has 1 N–H and O–H groups in total. The number of ether oxygens (including phenoxy) is 1. The van der Waals surface area contributed by atoms with Crippen molar-refractivity contribution in [1.82, 2.24) is 4.98 Å². The summed E-state index contributed by atoms with van der Waals surface area (Å²) >= 11 is 0. The number of nitrogens with zero attached hydrogens (tertiary/aromatic N) is 2. The van der Waals surface area contributed by atoms with E-state index in [1.165, 1.54) is 6.07 Å². The van der Waals surface area contributed by atoms with E-state index in [1.807, 2.05) is 45.9 Å². The summed E-state index contributed by atoms with van der Waals surface area (Å²) in [6.45, 7) is 9.04. The van der Waals surface area contributed by atoms with Crippen LogP contribution in [0.4, 0.5) is 18.9 Å². The van der Waals surface area contributed by atoms with Crippen LogP contribution in [0.5, 0.6) is 5.88 Å². The first-order chi connectivity index (χ1) is 15.4. The molecular formula is C23H28BF3N2O4. The number of aromatic nitrogens is 1. The first-order valence-electron chi connectivity index (χ1n) is 10.9. The zero-order valence-corrected chi connectivity index (χ0v) is 19.1. The molecule has 0 radical (unpaired) electrons. The number of benzene rings is 1. The quantitative estimate of drug-likeness (QED) is 0.684. The Morgan fingerprint density at radius 3 is 2.42 bits per heavy atom. The van der Waals surface area contributed by atoms with E-state index >= 15 is 0 Å². The molecule has 1 unspecified atom stereocenters. The van der Waals surface area contributed by atoms with Gasteiger partial charge < -0.3 is 24.1 Å². The van der Waals surface area contributed by atoms with Crippen LogP contribution < -0.4 is 15.1 Å². The van der Waals surface area contributed by atoms with Crippen molar-refractivity contribution < 1.29 is 32.3 Å². The second kappa shape index (κ2) is 8.49. The smallest absolute Gasteiger partial charge is 0.472 e. The lowest BCUT2D eigenvalue weighted by Gasteiger charge is -2.32. The Kier molecular flexibility index (Phi) is 6.13. The van der Waals surface area contributed by atoms with Gasteiger partial charge in [0.2, 0.25) is 5.88 Å². The zero-order chi connectivity index (χ0) is 24.0. The highest BCUT2D eigenvalue weighted by atomic mass is 19.4. The summed E-state index contributed by atoms with van der Waals surface area (Å²) in [5, 5.41) is 10.0. The van der Waals surface area contributed by atoms with Crippen molar-refractivity contribution in [2.75, 3.05) is 18.0 Å². The second-order valence-electron chi connectivity index (χ2n) is 9.49. The van der Waals surface area contributed by atoms with E-state index in [4.69, 9.17) is 14.0 Å². The van der Waals surface area contributed by atoms with Crippen molar-refractivity contribution in [3.05, 3.63) is 47.7 Å². The summed E-state index contributed by atoms with van der Waals surface area (Å²) in [7, 11) is -0.519. The van der Waals surface area contributed by atoms with Gasteiger partial charge in [-0.3, -0.25) is 0 Å². The predicted octanol–water partition coefficient (Wildman–Crippen LogP) is 3.55. The van der Waals surface area contributed by atoms with Gasteiger partial charge in [0.1, 0.15) is 6.10 Å². The number of halogens is 3. The summed E-state index contributed by atoms with van der Waals surface area (Å²) in [6, 6.07) is 7.97. The molecule has 178 valence electrons. The molecule has 2 aliphatic rings. The van der Waals surface area contributed by atoms with Crippen molar-refractivity contribution in [2.24, 2.45) is 0 Å². The first-order valence-corrected chi connectivity index (χ1v) is 10.9. The second-order valence-corrected chi connectivity index (χ2v) is 9.49. The summed E-state index contributed by atoms with van der Waals surface area (Å²) in [5.41, 5.74) is 0.739. The monoisotopic (exact) mass is 464 g/mol. The summed E-state index contributed by atoms with van der Waals surface area (Å²) in [4.78, 5) is 5.88. The average molecular weight is 464 g/mol. The van der Waals surface area contributed by atoms with Crippen molar-refractivity contribution >= 4 is 18.3 Å². The van der Waals surface area contributed by atoms with E-state index in [1.54, 1.807) is 0 Å². The highest BCUT2D eigenvalue weighted by Crippen LogP contribution is 2.37. The Labute approximate surface area is 191 Å². The maximum atomic E-state index is 12.7. The minimum Gasteiger partial charge on any atom is -0.472 e. The van der Waals surface area contributed by atoms with E-state index in [0.717, 1.165) is 29.0 Å². The molecule has 0 amide bonds. The highest BCUT2D eigenvalue weighted by Gasteiger charge is 2.51. The van der Waals surface area contributed by atoms with Gasteiger partial charge in [-0.1, -0.05) is 12.1 Å². The number of hydrogen-bond acceptors (Lipinski definition) is 6. The lowest BCUT2D eigenvalue weighted by molar-refractivity contribution is -0.137. The van der Waals surface area contributed by atoms with E-state index in [2.05, 4.69) is 9.88 Å². The predicted molar refractivity (Wildman–Crippen MR) is 119 cm³/mol. The number of pyridine rings is 1. The third-order valence-electron chi connectivity index (χ3n) is 6.64. The number of aliphatic hydroxyl groups excluding tert-OH is 1. The van der Waals surface area contributed by atoms with Crippen LogP contribution in [0.2, 0.25) is 0 Å². The topological polar surface area (TPSA) is 64.1 Å². The Morgan fingerprint density at radius 1 is 1.15 bits per heavy atom. The Balaban J connectivity index is 1.43. The molecule has 33 heavy (non-hydrogen) atoms. The molecule has 0 bridgehead atoms. The molecule has 1 aromatic carbocycles.